The van der Waals surface area contributed by atoms with Gasteiger partial charge in [0.25, 0.3) is 0 Å². The zero-order chi connectivity index (χ0) is 10.2. The van der Waals surface area contributed by atoms with Crippen molar-refractivity contribution < 1.29 is 9.13 Å². The highest BCUT2D eigenvalue weighted by Gasteiger charge is 2.20. The molecule has 2 nitrogen and oxygen atoms in total. The molecule has 0 spiro atoms. The Balaban J connectivity index is 2.05. The van der Waals surface area contributed by atoms with Crippen molar-refractivity contribution in [2.24, 2.45) is 0 Å². The van der Waals surface area contributed by atoms with Crippen LogP contribution in [0.4, 0.5) is 4.39 Å². The molecule has 0 amide bonds. The van der Waals surface area contributed by atoms with E-state index < -0.39 is 0 Å². The largest absolute Gasteiger partial charge is 0.376 e. The van der Waals surface area contributed by atoms with Crippen LogP contribution in [0.5, 0.6) is 0 Å². The van der Waals surface area contributed by atoms with Crippen molar-refractivity contribution in [2.75, 3.05) is 19.8 Å². The van der Waals surface area contributed by atoms with Crippen molar-refractivity contribution in [1.82, 2.24) is 5.32 Å². The predicted octanol–water partition coefficient (Wildman–Crippen LogP) is 2.28. The van der Waals surface area contributed by atoms with Crippen LogP contribution >= 0.6 is 0 Å². The molecule has 84 valence electrons. The van der Waals surface area contributed by atoms with Gasteiger partial charge < -0.3 is 10.1 Å². The molecule has 0 radical (unpaired) electrons. The van der Waals surface area contributed by atoms with E-state index in [1.165, 1.54) is 19.3 Å². The highest BCUT2D eigenvalue weighted by Crippen LogP contribution is 2.21. The van der Waals surface area contributed by atoms with Crippen LogP contribution in [0.1, 0.15) is 39.0 Å². The SMILES string of the molecule is CCCNC1CCC(OCCF)CC1. The Hall–Kier alpha value is -0.150. The number of hydrogen-bond acceptors (Lipinski definition) is 2. The van der Waals surface area contributed by atoms with E-state index in [4.69, 9.17) is 4.74 Å². The fourth-order valence-electron chi connectivity index (χ4n) is 1.99. The standard InChI is InChI=1S/C11H22FNO/c1-2-8-13-10-3-5-11(6-4-10)14-9-7-12/h10-11,13H,2-9H2,1H3. The van der Waals surface area contributed by atoms with Gasteiger partial charge in [-0.2, -0.15) is 0 Å². The molecule has 14 heavy (non-hydrogen) atoms. The normalized spacial score (nSPS) is 27.9. The van der Waals surface area contributed by atoms with E-state index >= 15 is 0 Å². The summed E-state index contributed by atoms with van der Waals surface area (Å²) in [6.07, 6.45) is 6.03. The summed E-state index contributed by atoms with van der Waals surface area (Å²) in [6.45, 7) is 3.22. The summed E-state index contributed by atoms with van der Waals surface area (Å²) < 4.78 is 17.2. The number of rotatable bonds is 6. The van der Waals surface area contributed by atoms with Crippen LogP contribution in [0, 0.1) is 0 Å². The lowest BCUT2D eigenvalue weighted by Crippen LogP contribution is -2.35. The zero-order valence-electron chi connectivity index (χ0n) is 9.10. The third-order valence-corrected chi connectivity index (χ3v) is 2.79. The molecule has 0 bridgehead atoms. The Kier molecular flexibility index (Phi) is 6.12. The average Bonchev–Trinajstić information content (AvgIpc) is 2.25. The summed E-state index contributed by atoms with van der Waals surface area (Å²) in [7, 11) is 0. The topological polar surface area (TPSA) is 21.3 Å². The smallest absolute Gasteiger partial charge is 0.113 e. The second kappa shape index (κ2) is 7.18. The minimum atomic E-state index is -0.353. The fourth-order valence-corrected chi connectivity index (χ4v) is 1.99. The van der Waals surface area contributed by atoms with E-state index in [9.17, 15) is 4.39 Å². The van der Waals surface area contributed by atoms with Crippen molar-refractivity contribution in [3.05, 3.63) is 0 Å². The van der Waals surface area contributed by atoms with Gasteiger partial charge in [0.1, 0.15) is 6.67 Å². The number of nitrogens with one attached hydrogen (secondary N) is 1. The molecule has 3 heteroatoms. The van der Waals surface area contributed by atoms with Gasteiger partial charge in [0.2, 0.25) is 0 Å². The second-order valence-corrected chi connectivity index (χ2v) is 3.99. The first-order valence-electron chi connectivity index (χ1n) is 5.77. The molecule has 0 aliphatic heterocycles. The molecule has 0 heterocycles. The van der Waals surface area contributed by atoms with Crippen molar-refractivity contribution in [3.8, 4) is 0 Å². The lowest BCUT2D eigenvalue weighted by Gasteiger charge is -2.28. The molecular formula is C11H22FNO. The Bertz CT molecular complexity index is 119. The minimum Gasteiger partial charge on any atom is -0.376 e. The summed E-state index contributed by atoms with van der Waals surface area (Å²) in [4.78, 5) is 0. The average molecular weight is 203 g/mol. The van der Waals surface area contributed by atoms with Crippen LogP contribution < -0.4 is 5.32 Å². The Morgan fingerprint density at radius 2 is 2.00 bits per heavy atom. The highest BCUT2D eigenvalue weighted by molar-refractivity contribution is 4.77. The van der Waals surface area contributed by atoms with Crippen LogP contribution in [-0.2, 0) is 4.74 Å². The molecule has 0 aromatic heterocycles. The van der Waals surface area contributed by atoms with E-state index in [0.29, 0.717) is 12.1 Å². The molecule has 1 saturated carbocycles. The maximum absolute atomic E-state index is 11.9. The van der Waals surface area contributed by atoms with Gasteiger partial charge >= 0.3 is 0 Å². The van der Waals surface area contributed by atoms with E-state index in [2.05, 4.69) is 12.2 Å². The first-order chi connectivity index (χ1) is 6.86. The second-order valence-electron chi connectivity index (χ2n) is 3.99. The number of hydrogen-bond donors (Lipinski definition) is 1. The number of ether oxygens (including phenoxy) is 1. The van der Waals surface area contributed by atoms with Gasteiger partial charge in [-0.05, 0) is 38.6 Å². The third kappa shape index (κ3) is 4.38. The molecule has 0 saturated heterocycles. The lowest BCUT2D eigenvalue weighted by molar-refractivity contribution is 0.0159. The number of halogens is 1. The minimum absolute atomic E-state index is 0.276. The van der Waals surface area contributed by atoms with Gasteiger partial charge in [0.15, 0.2) is 0 Å². The van der Waals surface area contributed by atoms with Crippen molar-refractivity contribution in [1.29, 1.82) is 0 Å². The molecule has 0 unspecified atom stereocenters. The van der Waals surface area contributed by atoms with Gasteiger partial charge in [-0.25, -0.2) is 4.39 Å². The highest BCUT2D eigenvalue weighted by atomic mass is 19.1. The molecule has 1 fully saturated rings. The van der Waals surface area contributed by atoms with E-state index in [1.54, 1.807) is 0 Å². The maximum atomic E-state index is 11.9. The monoisotopic (exact) mass is 203 g/mol. The van der Waals surface area contributed by atoms with Crippen LogP contribution in [0.15, 0.2) is 0 Å². The van der Waals surface area contributed by atoms with Crippen LogP contribution in [0.25, 0.3) is 0 Å². The molecular weight excluding hydrogens is 181 g/mol. The molecule has 0 atom stereocenters. The van der Waals surface area contributed by atoms with E-state index in [1.807, 2.05) is 0 Å². The molecule has 0 aromatic carbocycles. The fraction of sp³-hybridized carbons (Fsp3) is 1.00. The first kappa shape index (κ1) is 11.9. The van der Waals surface area contributed by atoms with Gasteiger partial charge in [0.05, 0.1) is 12.7 Å². The lowest BCUT2D eigenvalue weighted by atomic mass is 9.93. The Morgan fingerprint density at radius 1 is 1.29 bits per heavy atom. The quantitative estimate of drug-likeness (QED) is 0.715. The summed E-state index contributed by atoms with van der Waals surface area (Å²) in [6, 6.07) is 0.667. The van der Waals surface area contributed by atoms with Crippen molar-refractivity contribution >= 4 is 0 Å². The molecule has 0 aromatic rings. The van der Waals surface area contributed by atoms with Gasteiger partial charge in [0, 0.05) is 6.04 Å². The summed E-state index contributed by atoms with van der Waals surface area (Å²) in [5, 5.41) is 3.52. The van der Waals surface area contributed by atoms with Crippen LogP contribution in [0.2, 0.25) is 0 Å². The molecule has 1 aliphatic carbocycles. The van der Waals surface area contributed by atoms with E-state index in [-0.39, 0.29) is 13.3 Å². The first-order valence-corrected chi connectivity index (χ1v) is 5.77. The van der Waals surface area contributed by atoms with E-state index in [0.717, 1.165) is 19.4 Å². The van der Waals surface area contributed by atoms with Gasteiger partial charge in [-0.1, -0.05) is 6.92 Å². The van der Waals surface area contributed by atoms with Gasteiger partial charge in [-0.15, -0.1) is 0 Å². The summed E-state index contributed by atoms with van der Waals surface area (Å²) >= 11 is 0. The van der Waals surface area contributed by atoms with Gasteiger partial charge in [-0.3, -0.25) is 0 Å². The summed E-state index contributed by atoms with van der Waals surface area (Å²) in [5.74, 6) is 0. The molecule has 1 N–H and O–H groups in total. The van der Waals surface area contributed by atoms with Crippen molar-refractivity contribution in [2.45, 2.75) is 51.2 Å². The predicted molar refractivity (Wildman–Crippen MR) is 56.3 cm³/mol. The third-order valence-electron chi connectivity index (χ3n) is 2.79. The van der Waals surface area contributed by atoms with Crippen molar-refractivity contribution in [3.63, 3.8) is 0 Å². The maximum Gasteiger partial charge on any atom is 0.113 e. The summed E-state index contributed by atoms with van der Waals surface area (Å²) in [5.41, 5.74) is 0. The van der Waals surface area contributed by atoms with Crippen LogP contribution in [0.3, 0.4) is 0 Å². The molecule has 1 aliphatic rings. The zero-order valence-corrected chi connectivity index (χ0v) is 9.10. The Labute approximate surface area is 86.2 Å². The van der Waals surface area contributed by atoms with Crippen LogP contribution in [-0.4, -0.2) is 32.0 Å². The Morgan fingerprint density at radius 3 is 2.57 bits per heavy atom. The number of alkyl halides is 1. The molecule has 1 rings (SSSR count).